The Morgan fingerprint density at radius 3 is 2.39 bits per heavy atom. The van der Waals surface area contributed by atoms with Crippen LogP contribution < -0.4 is 4.90 Å². The highest BCUT2D eigenvalue weighted by Gasteiger charge is 2.31. The fourth-order valence-corrected chi connectivity index (χ4v) is 3.56. The Labute approximate surface area is 160 Å². The summed E-state index contributed by atoms with van der Waals surface area (Å²) in [7, 11) is 1.91. The molecule has 1 amide bonds. The van der Waals surface area contributed by atoms with Crippen molar-refractivity contribution in [3.8, 4) is 0 Å². The third-order valence-corrected chi connectivity index (χ3v) is 5.09. The first kappa shape index (κ1) is 18.3. The van der Waals surface area contributed by atoms with E-state index < -0.39 is 11.7 Å². The van der Waals surface area contributed by atoms with Crippen LogP contribution in [0.15, 0.2) is 48.8 Å². The minimum atomic E-state index is -4.39. The van der Waals surface area contributed by atoms with Crippen molar-refractivity contribution in [2.45, 2.75) is 6.18 Å². The van der Waals surface area contributed by atoms with Gasteiger partial charge in [0.2, 0.25) is 0 Å². The number of fused-ring (bicyclic) bond motifs is 1. The van der Waals surface area contributed by atoms with Crippen molar-refractivity contribution in [3.63, 3.8) is 0 Å². The summed E-state index contributed by atoms with van der Waals surface area (Å²) in [6.45, 7) is 2.03. The van der Waals surface area contributed by atoms with Gasteiger partial charge in [-0.1, -0.05) is 18.2 Å². The maximum Gasteiger partial charge on any atom is 0.417 e. The summed E-state index contributed by atoms with van der Waals surface area (Å²) in [6, 6.07) is 10.2. The predicted octanol–water partition coefficient (Wildman–Crippen LogP) is 3.55. The lowest BCUT2D eigenvalue weighted by Gasteiger charge is -2.35. The molecule has 1 aliphatic rings. The Bertz CT molecular complexity index is 1000. The molecule has 0 bridgehead atoms. The van der Waals surface area contributed by atoms with E-state index in [1.807, 2.05) is 47.0 Å². The SMILES string of the molecule is Cn1cc(C(=O)N2CCN(c3ccc(C(F)(F)F)cn3)CC2)c2ccccc21. The van der Waals surface area contributed by atoms with Crippen molar-refractivity contribution in [1.29, 1.82) is 0 Å². The number of benzene rings is 1. The molecule has 0 atom stereocenters. The molecule has 0 saturated carbocycles. The third-order valence-electron chi connectivity index (χ3n) is 5.09. The van der Waals surface area contributed by atoms with Crippen LogP contribution in [-0.2, 0) is 13.2 Å². The monoisotopic (exact) mass is 388 g/mol. The van der Waals surface area contributed by atoms with E-state index in [0.29, 0.717) is 37.6 Å². The number of rotatable bonds is 2. The highest BCUT2D eigenvalue weighted by atomic mass is 19.4. The highest BCUT2D eigenvalue weighted by Crippen LogP contribution is 2.29. The van der Waals surface area contributed by atoms with E-state index in [1.165, 1.54) is 6.07 Å². The van der Waals surface area contributed by atoms with Gasteiger partial charge in [0.25, 0.3) is 5.91 Å². The van der Waals surface area contributed by atoms with Crippen LogP contribution >= 0.6 is 0 Å². The molecule has 0 N–H and O–H groups in total. The molecule has 4 rings (SSSR count). The molecular weight excluding hydrogens is 369 g/mol. The molecule has 3 aromatic rings. The summed E-state index contributed by atoms with van der Waals surface area (Å²) >= 11 is 0. The first-order chi connectivity index (χ1) is 13.3. The number of hydrogen-bond acceptors (Lipinski definition) is 3. The van der Waals surface area contributed by atoms with E-state index in [2.05, 4.69) is 4.98 Å². The predicted molar refractivity (Wildman–Crippen MR) is 100 cm³/mol. The Morgan fingerprint density at radius 1 is 1.04 bits per heavy atom. The number of halogens is 3. The molecule has 0 aliphatic carbocycles. The van der Waals surface area contributed by atoms with Crippen LogP contribution in [0.2, 0.25) is 0 Å². The zero-order valence-corrected chi connectivity index (χ0v) is 15.3. The van der Waals surface area contributed by atoms with E-state index in [0.717, 1.165) is 23.2 Å². The van der Waals surface area contributed by atoms with Crippen LogP contribution in [0.3, 0.4) is 0 Å². The van der Waals surface area contributed by atoms with Crippen molar-refractivity contribution in [3.05, 3.63) is 59.9 Å². The molecule has 1 aromatic carbocycles. The number of piperazine rings is 1. The van der Waals surface area contributed by atoms with Crippen molar-refractivity contribution in [2.24, 2.45) is 7.05 Å². The number of anilines is 1. The number of pyridine rings is 1. The van der Waals surface area contributed by atoms with Crippen LogP contribution in [0, 0.1) is 0 Å². The molecule has 0 spiro atoms. The zero-order chi connectivity index (χ0) is 19.9. The van der Waals surface area contributed by atoms with E-state index in [9.17, 15) is 18.0 Å². The van der Waals surface area contributed by atoms with Gasteiger partial charge in [-0.2, -0.15) is 13.2 Å². The first-order valence-corrected chi connectivity index (χ1v) is 8.96. The molecule has 1 saturated heterocycles. The molecule has 8 heteroatoms. The van der Waals surface area contributed by atoms with Crippen LogP contribution in [0.5, 0.6) is 0 Å². The quantitative estimate of drug-likeness (QED) is 0.674. The second kappa shape index (κ2) is 6.85. The van der Waals surface area contributed by atoms with Crippen LogP contribution in [0.25, 0.3) is 10.9 Å². The fraction of sp³-hybridized carbons (Fsp3) is 0.300. The minimum absolute atomic E-state index is 0.0307. The van der Waals surface area contributed by atoms with Crippen molar-refractivity contribution >= 4 is 22.6 Å². The standard InChI is InChI=1S/C20H19F3N4O/c1-25-13-16(15-4-2-3-5-17(15)25)19(28)27-10-8-26(9-11-27)18-7-6-14(12-24-18)20(21,22)23/h2-7,12-13H,8-11H2,1H3. The van der Waals surface area contributed by atoms with Crippen molar-refractivity contribution in [1.82, 2.24) is 14.5 Å². The molecule has 2 aromatic heterocycles. The van der Waals surface area contributed by atoms with E-state index in [4.69, 9.17) is 0 Å². The average Bonchev–Trinajstić information content (AvgIpc) is 3.04. The average molecular weight is 388 g/mol. The summed E-state index contributed by atoms with van der Waals surface area (Å²) in [5, 5.41) is 0.918. The molecular formula is C20H19F3N4O. The van der Waals surface area contributed by atoms with Crippen LogP contribution in [-0.4, -0.2) is 46.5 Å². The number of carbonyl (C=O) groups excluding carboxylic acids is 1. The number of hydrogen-bond donors (Lipinski definition) is 0. The van der Waals surface area contributed by atoms with Gasteiger partial charge in [-0.3, -0.25) is 4.79 Å². The van der Waals surface area contributed by atoms with Gasteiger partial charge in [-0.25, -0.2) is 4.98 Å². The maximum absolute atomic E-state index is 13.0. The second-order valence-electron chi connectivity index (χ2n) is 6.85. The summed E-state index contributed by atoms with van der Waals surface area (Å²) in [5.41, 5.74) is 0.902. The highest BCUT2D eigenvalue weighted by molar-refractivity contribution is 6.07. The number of carbonyl (C=O) groups is 1. The van der Waals surface area contributed by atoms with Gasteiger partial charge < -0.3 is 14.4 Å². The number of aromatic nitrogens is 2. The smallest absolute Gasteiger partial charge is 0.353 e. The van der Waals surface area contributed by atoms with E-state index in [-0.39, 0.29) is 5.91 Å². The topological polar surface area (TPSA) is 41.4 Å². The number of alkyl halides is 3. The summed E-state index contributed by atoms with van der Waals surface area (Å²) < 4.78 is 40.0. The lowest BCUT2D eigenvalue weighted by atomic mass is 10.1. The summed E-state index contributed by atoms with van der Waals surface area (Å²) in [5.74, 6) is 0.460. The zero-order valence-electron chi connectivity index (χ0n) is 15.3. The molecule has 0 radical (unpaired) electrons. The number of nitrogens with zero attached hydrogens (tertiary/aromatic N) is 4. The van der Waals surface area contributed by atoms with E-state index in [1.54, 1.807) is 4.90 Å². The lowest BCUT2D eigenvalue weighted by Crippen LogP contribution is -2.49. The molecule has 1 fully saturated rings. The van der Waals surface area contributed by atoms with Crippen molar-refractivity contribution < 1.29 is 18.0 Å². The molecule has 0 unspecified atom stereocenters. The Balaban J connectivity index is 1.46. The Kier molecular flexibility index (Phi) is 4.49. The van der Waals surface area contributed by atoms with Gasteiger partial charge in [0.1, 0.15) is 5.82 Å². The van der Waals surface area contributed by atoms with Gasteiger partial charge in [-0.15, -0.1) is 0 Å². The van der Waals surface area contributed by atoms with E-state index >= 15 is 0 Å². The molecule has 3 heterocycles. The first-order valence-electron chi connectivity index (χ1n) is 8.96. The second-order valence-corrected chi connectivity index (χ2v) is 6.85. The van der Waals surface area contributed by atoms with Gasteiger partial charge in [0.05, 0.1) is 11.1 Å². The fourth-order valence-electron chi connectivity index (χ4n) is 3.56. The van der Waals surface area contributed by atoms with Gasteiger partial charge >= 0.3 is 6.18 Å². The van der Waals surface area contributed by atoms with Crippen LogP contribution in [0.1, 0.15) is 15.9 Å². The molecule has 146 valence electrons. The Morgan fingerprint density at radius 2 is 1.75 bits per heavy atom. The minimum Gasteiger partial charge on any atom is -0.353 e. The largest absolute Gasteiger partial charge is 0.417 e. The molecule has 1 aliphatic heterocycles. The number of amides is 1. The van der Waals surface area contributed by atoms with Gasteiger partial charge in [0, 0.05) is 56.5 Å². The molecule has 28 heavy (non-hydrogen) atoms. The summed E-state index contributed by atoms with van der Waals surface area (Å²) in [4.78, 5) is 20.6. The number of aryl methyl sites for hydroxylation is 1. The number of para-hydroxylation sites is 1. The lowest BCUT2D eigenvalue weighted by molar-refractivity contribution is -0.137. The van der Waals surface area contributed by atoms with Crippen LogP contribution in [0.4, 0.5) is 19.0 Å². The van der Waals surface area contributed by atoms with Gasteiger partial charge in [-0.05, 0) is 18.2 Å². The third kappa shape index (κ3) is 3.30. The summed E-state index contributed by atoms with van der Waals surface area (Å²) in [6.07, 6.45) is -1.70. The maximum atomic E-state index is 13.0. The Hall–Kier alpha value is -3.03. The normalized spacial score (nSPS) is 15.3. The molecule has 5 nitrogen and oxygen atoms in total. The van der Waals surface area contributed by atoms with Gasteiger partial charge in [0.15, 0.2) is 0 Å². The van der Waals surface area contributed by atoms with Crippen molar-refractivity contribution in [2.75, 3.05) is 31.1 Å².